The highest BCUT2D eigenvalue weighted by Gasteiger charge is 2.09. The number of aryl methyl sites for hydroxylation is 1. The first-order chi connectivity index (χ1) is 9.70. The van der Waals surface area contributed by atoms with Crippen molar-refractivity contribution in [1.82, 2.24) is 20.1 Å². The van der Waals surface area contributed by atoms with Gasteiger partial charge in [0.2, 0.25) is 5.91 Å². The van der Waals surface area contributed by atoms with Crippen LogP contribution in [0.15, 0.2) is 35.7 Å². The van der Waals surface area contributed by atoms with Crippen LogP contribution in [0.2, 0.25) is 0 Å². The number of rotatable bonds is 5. The summed E-state index contributed by atoms with van der Waals surface area (Å²) in [6, 6.07) is 8.01. The number of amides is 1. The van der Waals surface area contributed by atoms with Crippen LogP contribution in [0.3, 0.4) is 0 Å². The van der Waals surface area contributed by atoms with E-state index in [1.54, 1.807) is 6.33 Å². The van der Waals surface area contributed by atoms with Crippen molar-refractivity contribution in [3.05, 3.63) is 36.2 Å². The lowest BCUT2D eigenvalue weighted by Gasteiger charge is -2.06. The predicted octanol–water partition coefficient (Wildman–Crippen LogP) is 1.42. The summed E-state index contributed by atoms with van der Waals surface area (Å²) >= 11 is 1.32. The van der Waals surface area contributed by atoms with Crippen molar-refractivity contribution in [2.24, 2.45) is 0 Å². The highest BCUT2D eigenvalue weighted by atomic mass is 32.2. The number of terminal acetylenes is 1. The van der Waals surface area contributed by atoms with Crippen molar-refractivity contribution in [2.75, 3.05) is 12.3 Å². The minimum atomic E-state index is -0.119. The lowest BCUT2D eigenvalue weighted by atomic mass is 10.2. The quantitative estimate of drug-likeness (QED) is 0.667. The first kappa shape index (κ1) is 14.2. The first-order valence-electron chi connectivity index (χ1n) is 6.00. The van der Waals surface area contributed by atoms with Crippen LogP contribution in [0.4, 0.5) is 0 Å². The van der Waals surface area contributed by atoms with Gasteiger partial charge in [-0.3, -0.25) is 9.36 Å². The molecule has 0 bridgehead atoms. The zero-order valence-corrected chi connectivity index (χ0v) is 11.9. The number of aromatic nitrogens is 3. The van der Waals surface area contributed by atoms with Gasteiger partial charge in [-0.1, -0.05) is 35.4 Å². The van der Waals surface area contributed by atoms with Crippen LogP contribution in [0.1, 0.15) is 5.56 Å². The zero-order chi connectivity index (χ0) is 14.4. The van der Waals surface area contributed by atoms with Crippen molar-refractivity contribution >= 4 is 17.7 Å². The normalized spacial score (nSPS) is 10.0. The van der Waals surface area contributed by atoms with Crippen molar-refractivity contribution in [2.45, 2.75) is 12.1 Å². The molecule has 5 nitrogen and oxygen atoms in total. The Labute approximate surface area is 121 Å². The molecule has 1 heterocycles. The van der Waals surface area contributed by atoms with Crippen molar-refractivity contribution < 1.29 is 4.79 Å². The van der Waals surface area contributed by atoms with E-state index in [4.69, 9.17) is 6.42 Å². The second-order valence-electron chi connectivity index (χ2n) is 4.09. The number of carbonyl (C=O) groups excluding carboxylic acids is 1. The minimum Gasteiger partial charge on any atom is -0.344 e. The van der Waals surface area contributed by atoms with Gasteiger partial charge < -0.3 is 5.32 Å². The van der Waals surface area contributed by atoms with E-state index < -0.39 is 0 Å². The summed E-state index contributed by atoms with van der Waals surface area (Å²) in [4.78, 5) is 11.5. The Morgan fingerprint density at radius 1 is 1.45 bits per heavy atom. The number of nitrogens with one attached hydrogen (secondary N) is 1. The maximum Gasteiger partial charge on any atom is 0.231 e. The SMILES string of the molecule is C#CCNC(=O)CSc1nncn1-c1ccc(C)cc1. The van der Waals surface area contributed by atoms with E-state index in [2.05, 4.69) is 21.4 Å². The van der Waals surface area contributed by atoms with Gasteiger partial charge in [-0.2, -0.15) is 0 Å². The van der Waals surface area contributed by atoms with Crippen molar-refractivity contribution in [1.29, 1.82) is 0 Å². The summed E-state index contributed by atoms with van der Waals surface area (Å²) in [5.41, 5.74) is 2.15. The molecule has 0 aliphatic rings. The smallest absolute Gasteiger partial charge is 0.231 e. The van der Waals surface area contributed by atoms with Crippen LogP contribution >= 0.6 is 11.8 Å². The molecule has 0 spiro atoms. The third-order valence-electron chi connectivity index (χ3n) is 2.55. The Hall–Kier alpha value is -2.26. The molecule has 0 aliphatic carbocycles. The number of benzene rings is 1. The van der Waals surface area contributed by atoms with Crippen LogP contribution in [0.5, 0.6) is 0 Å². The van der Waals surface area contributed by atoms with Crippen LogP contribution < -0.4 is 5.32 Å². The summed E-state index contributed by atoms with van der Waals surface area (Å²) in [5, 5.41) is 11.2. The molecular weight excluding hydrogens is 272 g/mol. The van der Waals surface area contributed by atoms with E-state index in [1.807, 2.05) is 35.8 Å². The molecule has 0 saturated heterocycles. The molecule has 1 aromatic heterocycles. The highest BCUT2D eigenvalue weighted by Crippen LogP contribution is 2.19. The van der Waals surface area contributed by atoms with Gasteiger partial charge in [0.25, 0.3) is 0 Å². The van der Waals surface area contributed by atoms with Gasteiger partial charge in [0.15, 0.2) is 5.16 Å². The Bertz CT molecular complexity index is 627. The molecule has 0 aliphatic heterocycles. The average molecular weight is 286 g/mol. The number of hydrogen-bond donors (Lipinski definition) is 1. The summed E-state index contributed by atoms with van der Waals surface area (Å²) < 4.78 is 1.85. The van der Waals surface area contributed by atoms with Crippen LogP contribution in [-0.4, -0.2) is 33.0 Å². The van der Waals surface area contributed by atoms with Gasteiger partial charge in [0, 0.05) is 5.69 Å². The number of thioether (sulfide) groups is 1. The van der Waals surface area contributed by atoms with E-state index >= 15 is 0 Å². The first-order valence-corrected chi connectivity index (χ1v) is 6.99. The number of hydrogen-bond acceptors (Lipinski definition) is 4. The van der Waals surface area contributed by atoms with E-state index in [9.17, 15) is 4.79 Å². The maximum atomic E-state index is 11.5. The minimum absolute atomic E-state index is 0.119. The molecule has 0 saturated carbocycles. The Morgan fingerprint density at radius 2 is 2.20 bits per heavy atom. The topological polar surface area (TPSA) is 59.8 Å². The predicted molar refractivity (Wildman–Crippen MR) is 78.7 cm³/mol. The molecule has 1 N–H and O–H groups in total. The second kappa shape index (κ2) is 6.78. The van der Waals surface area contributed by atoms with E-state index in [-0.39, 0.29) is 18.2 Å². The highest BCUT2D eigenvalue weighted by molar-refractivity contribution is 7.99. The standard InChI is InChI=1S/C14H14N4OS/c1-3-8-15-13(19)9-20-14-17-16-10-18(14)12-6-4-11(2)5-7-12/h1,4-7,10H,8-9H2,2H3,(H,15,19). The Kier molecular flexibility index (Phi) is 4.80. The van der Waals surface area contributed by atoms with Crippen LogP contribution in [0.25, 0.3) is 5.69 Å². The lowest BCUT2D eigenvalue weighted by molar-refractivity contribution is -0.118. The van der Waals surface area contributed by atoms with Gasteiger partial charge in [-0.25, -0.2) is 0 Å². The molecular formula is C14H14N4OS. The molecule has 1 amide bonds. The fourth-order valence-corrected chi connectivity index (χ4v) is 2.29. The summed E-state index contributed by atoms with van der Waals surface area (Å²) in [5.74, 6) is 2.50. The third kappa shape index (κ3) is 3.62. The van der Waals surface area contributed by atoms with E-state index in [1.165, 1.54) is 17.3 Å². The molecule has 0 unspecified atom stereocenters. The molecule has 2 aromatic rings. The average Bonchev–Trinajstić information content (AvgIpc) is 2.92. The monoisotopic (exact) mass is 286 g/mol. The molecule has 0 fully saturated rings. The van der Waals surface area contributed by atoms with E-state index in [0.29, 0.717) is 5.16 Å². The summed E-state index contributed by atoms with van der Waals surface area (Å²) in [7, 11) is 0. The Balaban J connectivity index is 2.04. The molecule has 20 heavy (non-hydrogen) atoms. The van der Waals surface area contributed by atoms with Gasteiger partial charge in [-0.05, 0) is 19.1 Å². The lowest BCUT2D eigenvalue weighted by Crippen LogP contribution is -2.25. The molecule has 1 aromatic carbocycles. The maximum absolute atomic E-state index is 11.5. The van der Waals surface area contributed by atoms with Gasteiger partial charge in [0.05, 0.1) is 12.3 Å². The van der Waals surface area contributed by atoms with E-state index in [0.717, 1.165) is 5.69 Å². The van der Waals surface area contributed by atoms with Crippen LogP contribution in [-0.2, 0) is 4.79 Å². The van der Waals surface area contributed by atoms with Crippen molar-refractivity contribution in [3.63, 3.8) is 0 Å². The fourth-order valence-electron chi connectivity index (χ4n) is 1.54. The summed E-state index contributed by atoms with van der Waals surface area (Å²) in [6.07, 6.45) is 6.71. The Morgan fingerprint density at radius 3 is 2.90 bits per heavy atom. The molecule has 0 atom stereocenters. The van der Waals surface area contributed by atoms with Gasteiger partial charge in [0.1, 0.15) is 6.33 Å². The van der Waals surface area contributed by atoms with Crippen molar-refractivity contribution in [3.8, 4) is 18.0 Å². The second-order valence-corrected chi connectivity index (χ2v) is 5.03. The molecule has 2 rings (SSSR count). The zero-order valence-electron chi connectivity index (χ0n) is 11.0. The van der Waals surface area contributed by atoms with Gasteiger partial charge >= 0.3 is 0 Å². The summed E-state index contributed by atoms with van der Waals surface area (Å²) in [6.45, 7) is 2.27. The molecule has 6 heteroatoms. The fraction of sp³-hybridized carbons (Fsp3) is 0.214. The third-order valence-corrected chi connectivity index (χ3v) is 3.49. The number of nitrogens with zero attached hydrogens (tertiary/aromatic N) is 3. The largest absolute Gasteiger partial charge is 0.344 e. The molecule has 102 valence electrons. The molecule has 0 radical (unpaired) electrons. The number of carbonyl (C=O) groups is 1. The van der Waals surface area contributed by atoms with Gasteiger partial charge in [-0.15, -0.1) is 16.6 Å². The van der Waals surface area contributed by atoms with Crippen LogP contribution in [0, 0.1) is 19.3 Å².